The van der Waals surface area contributed by atoms with Crippen LogP contribution < -0.4 is 0 Å². The molecule has 1 atom stereocenters. The minimum atomic E-state index is -3.79. The summed E-state index contributed by atoms with van der Waals surface area (Å²) >= 11 is 0. The molecule has 1 aliphatic carbocycles. The smallest absolute Gasteiger partial charge is 0.260 e. The predicted molar refractivity (Wildman–Crippen MR) is 89.6 cm³/mol. The average Bonchev–Trinajstić information content (AvgIpc) is 3.05. The number of hydrogen-bond acceptors (Lipinski definition) is 7. The number of β-amino-alcohol motifs (C(OH)–C–C–N with tert-alkyl or cyclic N) is 1. The summed E-state index contributed by atoms with van der Waals surface area (Å²) in [4.78, 5) is 11.4. The Labute approximate surface area is 149 Å². The zero-order valence-corrected chi connectivity index (χ0v) is 14.6. The Morgan fingerprint density at radius 3 is 3.04 bits per heavy atom. The lowest BCUT2D eigenvalue weighted by molar-refractivity contribution is 0.0194. The predicted octanol–water partition coefficient (Wildman–Crippen LogP) is 1.11. The van der Waals surface area contributed by atoms with E-state index in [1.54, 1.807) is 18.3 Å². The van der Waals surface area contributed by atoms with E-state index in [2.05, 4.69) is 20.1 Å². The van der Waals surface area contributed by atoms with E-state index >= 15 is 0 Å². The molecule has 10 heteroatoms. The lowest BCUT2D eigenvalue weighted by atomic mass is 10.0. The van der Waals surface area contributed by atoms with Crippen molar-refractivity contribution in [3.63, 3.8) is 0 Å². The van der Waals surface area contributed by atoms with E-state index in [1.807, 2.05) is 0 Å². The summed E-state index contributed by atoms with van der Waals surface area (Å²) < 4.78 is 32.6. The summed E-state index contributed by atoms with van der Waals surface area (Å²) in [5.41, 5.74) is -0.955. The van der Waals surface area contributed by atoms with Gasteiger partial charge in [0, 0.05) is 36.7 Å². The summed E-state index contributed by atoms with van der Waals surface area (Å²) in [6.07, 6.45) is 5.28. The van der Waals surface area contributed by atoms with Crippen molar-refractivity contribution >= 4 is 21.1 Å². The van der Waals surface area contributed by atoms with Gasteiger partial charge in [0.1, 0.15) is 10.5 Å². The van der Waals surface area contributed by atoms with Gasteiger partial charge in [0.2, 0.25) is 10.0 Å². The first-order valence-corrected chi connectivity index (χ1v) is 9.90. The van der Waals surface area contributed by atoms with Crippen LogP contribution in [0.15, 0.2) is 33.9 Å². The molecule has 4 heterocycles. The highest BCUT2D eigenvalue weighted by Crippen LogP contribution is 2.40. The third kappa shape index (κ3) is 2.37. The zero-order valence-electron chi connectivity index (χ0n) is 13.8. The molecule has 0 unspecified atom stereocenters. The Hall–Kier alpha value is -2.30. The lowest BCUT2D eigenvalue weighted by Crippen LogP contribution is -2.34. The molecule has 5 rings (SSSR count). The molecule has 9 nitrogen and oxygen atoms in total. The van der Waals surface area contributed by atoms with Crippen LogP contribution in [0.3, 0.4) is 0 Å². The number of sulfonamides is 1. The molecule has 2 fully saturated rings. The molecule has 1 saturated carbocycles. The largest absolute Gasteiger partial charge is 0.379 e. The normalized spacial score (nSPS) is 24.5. The highest BCUT2D eigenvalue weighted by molar-refractivity contribution is 7.89. The third-order valence-corrected chi connectivity index (χ3v) is 6.91. The quantitative estimate of drug-likeness (QED) is 0.699. The Bertz CT molecular complexity index is 1090. The summed E-state index contributed by atoms with van der Waals surface area (Å²) in [7, 11) is -3.79. The van der Waals surface area contributed by atoms with Crippen molar-refractivity contribution < 1.29 is 18.0 Å². The van der Waals surface area contributed by atoms with E-state index in [-0.39, 0.29) is 30.3 Å². The number of aliphatic hydroxyl groups is 1. The van der Waals surface area contributed by atoms with E-state index in [1.165, 1.54) is 10.5 Å². The van der Waals surface area contributed by atoms with Gasteiger partial charge >= 0.3 is 0 Å². The number of hydrogen-bond donors (Lipinski definition) is 2. The maximum Gasteiger partial charge on any atom is 0.260 e. The monoisotopic (exact) mass is 375 g/mol. The Kier molecular flexibility index (Phi) is 3.27. The second-order valence-electron chi connectivity index (χ2n) is 6.90. The van der Waals surface area contributed by atoms with Gasteiger partial charge in [-0.2, -0.15) is 9.29 Å². The molecule has 2 aliphatic rings. The number of H-pyrrole nitrogens is 1. The molecule has 3 aromatic heterocycles. The van der Waals surface area contributed by atoms with E-state index in [0.29, 0.717) is 22.8 Å². The van der Waals surface area contributed by atoms with Crippen molar-refractivity contribution in [2.24, 2.45) is 0 Å². The number of nitrogens with zero attached hydrogens (tertiary/aromatic N) is 4. The van der Waals surface area contributed by atoms with Crippen molar-refractivity contribution in [3.8, 4) is 0 Å². The molecule has 0 spiro atoms. The third-order valence-electron chi connectivity index (χ3n) is 5.03. The molecule has 0 aromatic carbocycles. The molecule has 1 aliphatic heterocycles. The SMILES string of the molecule is O=S(=O)(c1c[nH]c2ncccc12)N1CC[C@](O)(c2nc(C3CC3)no2)C1. The van der Waals surface area contributed by atoms with Crippen molar-refractivity contribution in [2.75, 3.05) is 13.1 Å². The number of fused-ring (bicyclic) bond motifs is 1. The van der Waals surface area contributed by atoms with Crippen LogP contribution in [0.5, 0.6) is 0 Å². The molecule has 1 saturated heterocycles. The summed E-state index contributed by atoms with van der Waals surface area (Å²) in [5, 5.41) is 15.3. The number of aromatic amines is 1. The molecule has 0 amide bonds. The molecule has 2 N–H and O–H groups in total. The van der Waals surface area contributed by atoms with Crippen LogP contribution in [0.4, 0.5) is 0 Å². The fourth-order valence-electron chi connectivity index (χ4n) is 3.35. The van der Waals surface area contributed by atoms with E-state index < -0.39 is 15.6 Å². The van der Waals surface area contributed by atoms with E-state index in [4.69, 9.17) is 4.52 Å². The van der Waals surface area contributed by atoms with E-state index in [0.717, 1.165) is 12.8 Å². The average molecular weight is 375 g/mol. The lowest BCUT2D eigenvalue weighted by Gasteiger charge is -2.19. The van der Waals surface area contributed by atoms with Gasteiger partial charge in [0.15, 0.2) is 11.4 Å². The van der Waals surface area contributed by atoms with Crippen LogP contribution in [0.25, 0.3) is 11.0 Å². The van der Waals surface area contributed by atoms with E-state index in [9.17, 15) is 13.5 Å². The zero-order chi connectivity index (χ0) is 17.9. The first kappa shape index (κ1) is 15.9. The first-order valence-electron chi connectivity index (χ1n) is 8.46. The molecule has 136 valence electrons. The minimum Gasteiger partial charge on any atom is -0.379 e. The molecule has 26 heavy (non-hydrogen) atoms. The minimum absolute atomic E-state index is 0.0951. The number of aromatic nitrogens is 4. The number of nitrogens with one attached hydrogen (secondary N) is 1. The Morgan fingerprint density at radius 2 is 2.23 bits per heavy atom. The Balaban J connectivity index is 1.45. The van der Waals surface area contributed by atoms with Gasteiger partial charge in [-0.15, -0.1) is 0 Å². The van der Waals surface area contributed by atoms with Crippen LogP contribution in [-0.4, -0.2) is 51.0 Å². The van der Waals surface area contributed by atoms with Gasteiger partial charge in [0.25, 0.3) is 5.89 Å². The number of pyridine rings is 1. The Morgan fingerprint density at radius 1 is 1.38 bits per heavy atom. The van der Waals surface area contributed by atoms with Crippen LogP contribution in [0.2, 0.25) is 0 Å². The van der Waals surface area contributed by atoms with Gasteiger partial charge in [-0.3, -0.25) is 0 Å². The molecular weight excluding hydrogens is 358 g/mol. The summed E-state index contributed by atoms with van der Waals surface area (Å²) in [6, 6.07) is 3.39. The van der Waals surface area contributed by atoms with Crippen LogP contribution in [-0.2, 0) is 15.6 Å². The first-order chi connectivity index (χ1) is 12.5. The maximum absolute atomic E-state index is 13.1. The van der Waals surface area contributed by atoms with Crippen LogP contribution in [0, 0.1) is 0 Å². The summed E-state index contributed by atoms with van der Waals surface area (Å²) in [6.45, 7) is 0.0570. The van der Waals surface area contributed by atoms with Crippen molar-refractivity contribution in [1.82, 2.24) is 24.4 Å². The van der Waals surface area contributed by atoms with Crippen molar-refractivity contribution in [1.29, 1.82) is 0 Å². The van der Waals surface area contributed by atoms with Crippen LogP contribution >= 0.6 is 0 Å². The summed E-state index contributed by atoms with van der Waals surface area (Å²) in [5.74, 6) is 0.992. The highest BCUT2D eigenvalue weighted by atomic mass is 32.2. The van der Waals surface area contributed by atoms with Crippen molar-refractivity contribution in [3.05, 3.63) is 36.2 Å². The second-order valence-corrected chi connectivity index (χ2v) is 8.81. The van der Waals surface area contributed by atoms with Crippen LogP contribution in [0.1, 0.15) is 36.9 Å². The molecule has 0 bridgehead atoms. The topological polar surface area (TPSA) is 125 Å². The van der Waals surface area contributed by atoms with Gasteiger partial charge in [0.05, 0.1) is 6.54 Å². The maximum atomic E-state index is 13.1. The molecule has 0 radical (unpaired) electrons. The second kappa shape index (κ2) is 5.35. The standard InChI is InChI=1S/C16H17N5O4S/c22-16(15-19-13(20-25-15)10-3-4-10)5-7-21(9-16)26(23,24)12-8-18-14-11(12)2-1-6-17-14/h1-2,6,8,10,22H,3-5,7,9H2,(H,17,18)/t16-/m1/s1. The van der Waals surface area contributed by atoms with Gasteiger partial charge in [-0.05, 0) is 25.0 Å². The fourth-order valence-corrected chi connectivity index (χ4v) is 5.00. The van der Waals surface area contributed by atoms with Gasteiger partial charge < -0.3 is 14.6 Å². The highest BCUT2D eigenvalue weighted by Gasteiger charge is 2.47. The van der Waals surface area contributed by atoms with Gasteiger partial charge in [-0.1, -0.05) is 5.16 Å². The fraction of sp³-hybridized carbons (Fsp3) is 0.438. The van der Waals surface area contributed by atoms with Gasteiger partial charge in [-0.25, -0.2) is 13.4 Å². The van der Waals surface area contributed by atoms with Crippen molar-refractivity contribution in [2.45, 2.75) is 35.7 Å². The molecule has 3 aromatic rings. The number of rotatable bonds is 4. The molecular formula is C16H17N5O4S.